The van der Waals surface area contributed by atoms with E-state index in [2.05, 4.69) is 15.6 Å². The molecule has 0 radical (unpaired) electrons. The summed E-state index contributed by atoms with van der Waals surface area (Å²) < 4.78 is 38.6. The van der Waals surface area contributed by atoms with Gasteiger partial charge < -0.3 is 20.8 Å². The third-order valence-corrected chi connectivity index (χ3v) is 6.88. The van der Waals surface area contributed by atoms with Crippen LogP contribution in [0.2, 0.25) is 0 Å². The lowest BCUT2D eigenvalue weighted by Crippen LogP contribution is -2.35. The van der Waals surface area contributed by atoms with Crippen LogP contribution in [0.4, 0.5) is 29.3 Å². The number of aliphatic hydroxyl groups is 1. The average molecular weight is 514 g/mol. The molecule has 4 rings (SSSR count). The van der Waals surface area contributed by atoms with Crippen LogP contribution in [0.1, 0.15) is 49.0 Å². The van der Waals surface area contributed by atoms with Gasteiger partial charge in [-0.25, -0.2) is 4.79 Å². The molecule has 1 aliphatic carbocycles. The monoisotopic (exact) mass is 513 g/mol. The summed E-state index contributed by atoms with van der Waals surface area (Å²) in [6.07, 6.45) is -2.30. The third kappa shape index (κ3) is 5.75. The summed E-state index contributed by atoms with van der Waals surface area (Å²) in [4.78, 5) is 28.0. The number of halogens is 3. The first-order chi connectivity index (χ1) is 17.5. The van der Waals surface area contributed by atoms with E-state index in [4.69, 9.17) is 0 Å². The van der Waals surface area contributed by atoms with Crippen molar-refractivity contribution in [3.63, 3.8) is 0 Å². The number of alkyl halides is 3. The number of carboxylic acid groups (broad SMARTS) is 1. The van der Waals surface area contributed by atoms with Gasteiger partial charge in [0, 0.05) is 16.7 Å². The highest BCUT2D eigenvalue weighted by molar-refractivity contribution is 5.99. The van der Waals surface area contributed by atoms with Crippen LogP contribution >= 0.6 is 0 Å². The number of pyridine rings is 1. The Balaban J connectivity index is 1.44. The fourth-order valence-corrected chi connectivity index (χ4v) is 4.79. The van der Waals surface area contributed by atoms with Gasteiger partial charge in [-0.05, 0) is 66.8 Å². The summed E-state index contributed by atoms with van der Waals surface area (Å²) in [5.74, 6) is -0.928. The molecule has 2 atom stereocenters. The van der Waals surface area contributed by atoms with Crippen molar-refractivity contribution in [3.8, 4) is 11.3 Å². The molecule has 3 aromatic rings. The van der Waals surface area contributed by atoms with Gasteiger partial charge in [0.2, 0.25) is 0 Å². The molecule has 10 heteroatoms. The van der Waals surface area contributed by atoms with Gasteiger partial charge in [-0.1, -0.05) is 25.1 Å². The highest BCUT2D eigenvalue weighted by atomic mass is 19.4. The molecule has 2 aromatic carbocycles. The number of carboxylic acids is 1. The van der Waals surface area contributed by atoms with Gasteiger partial charge in [0.05, 0.1) is 35.7 Å². The minimum Gasteiger partial charge on any atom is -0.481 e. The maximum Gasteiger partial charge on any atom is 0.416 e. The number of aryl methyl sites for hydroxylation is 1. The Morgan fingerprint density at radius 3 is 2.49 bits per heavy atom. The molecular formula is C27H26F3N3O4. The smallest absolute Gasteiger partial charge is 0.416 e. The zero-order valence-corrected chi connectivity index (χ0v) is 20.0. The van der Waals surface area contributed by atoms with E-state index >= 15 is 0 Å². The molecule has 0 bridgehead atoms. The predicted octanol–water partition coefficient (Wildman–Crippen LogP) is 6.26. The van der Waals surface area contributed by atoms with Gasteiger partial charge in [0.1, 0.15) is 0 Å². The Morgan fingerprint density at radius 1 is 1.08 bits per heavy atom. The number of amides is 2. The Hall–Kier alpha value is -3.92. The van der Waals surface area contributed by atoms with E-state index in [-0.39, 0.29) is 12.1 Å². The van der Waals surface area contributed by atoms with E-state index in [0.717, 1.165) is 28.8 Å². The van der Waals surface area contributed by atoms with E-state index in [1.165, 1.54) is 18.3 Å². The zero-order chi connectivity index (χ0) is 26.8. The summed E-state index contributed by atoms with van der Waals surface area (Å²) in [6.45, 7) is 1.89. The molecule has 1 aromatic heterocycles. The van der Waals surface area contributed by atoms with E-state index in [1.807, 2.05) is 19.1 Å². The molecule has 0 saturated heterocycles. The van der Waals surface area contributed by atoms with Crippen molar-refractivity contribution in [1.29, 1.82) is 0 Å². The number of nitrogens with zero attached hydrogens (tertiary/aromatic N) is 1. The Morgan fingerprint density at radius 2 is 1.84 bits per heavy atom. The van der Waals surface area contributed by atoms with E-state index in [1.54, 1.807) is 18.2 Å². The second-order valence-corrected chi connectivity index (χ2v) is 9.19. The number of hydrogen-bond acceptors (Lipinski definition) is 4. The summed E-state index contributed by atoms with van der Waals surface area (Å²) in [7, 11) is 0. The molecule has 0 fully saturated rings. The topological polar surface area (TPSA) is 112 Å². The molecule has 2 amide bonds. The number of anilines is 2. The summed E-state index contributed by atoms with van der Waals surface area (Å²) in [5, 5.41) is 25.2. The molecule has 37 heavy (non-hydrogen) atoms. The van der Waals surface area contributed by atoms with E-state index in [9.17, 15) is 33.0 Å². The van der Waals surface area contributed by atoms with Crippen LogP contribution in [-0.2, 0) is 17.4 Å². The molecule has 7 nitrogen and oxygen atoms in total. The number of rotatable bonds is 6. The lowest BCUT2D eigenvalue weighted by atomic mass is 9.66. The molecule has 194 valence electrons. The van der Waals surface area contributed by atoms with E-state index < -0.39 is 35.3 Å². The Labute approximate surface area is 211 Å². The second-order valence-electron chi connectivity index (χ2n) is 9.19. The number of carbonyl (C=O) groups excluding carboxylic acids is 1. The van der Waals surface area contributed by atoms with Gasteiger partial charge >= 0.3 is 18.2 Å². The van der Waals surface area contributed by atoms with Crippen LogP contribution in [0.3, 0.4) is 0 Å². The molecular weight excluding hydrogens is 487 g/mol. The quantitative estimate of drug-likeness (QED) is 0.311. The fraction of sp³-hybridized carbons (Fsp3) is 0.296. The largest absolute Gasteiger partial charge is 0.481 e. The SMILES string of the molecule is CCC1(CC(=O)O)CCc2cc(-c3ccc(NC(=O)Nc4cccc(C(F)(F)F)c4)cn3)ccc2C1O. The van der Waals surface area contributed by atoms with Gasteiger partial charge in [0.25, 0.3) is 0 Å². The maximum absolute atomic E-state index is 12.9. The highest BCUT2D eigenvalue weighted by Crippen LogP contribution is 2.49. The molecule has 4 N–H and O–H groups in total. The molecule has 1 heterocycles. The van der Waals surface area contributed by atoms with Crippen LogP contribution in [-0.4, -0.2) is 27.2 Å². The van der Waals surface area contributed by atoms with Gasteiger partial charge in [-0.15, -0.1) is 0 Å². The minimum atomic E-state index is -4.51. The average Bonchev–Trinajstić information content (AvgIpc) is 2.85. The van der Waals surface area contributed by atoms with Crippen LogP contribution in [0, 0.1) is 5.41 Å². The van der Waals surface area contributed by atoms with Crippen molar-refractivity contribution in [3.05, 3.63) is 77.5 Å². The van der Waals surface area contributed by atoms with Gasteiger partial charge in [-0.2, -0.15) is 13.2 Å². The number of benzene rings is 2. The minimum absolute atomic E-state index is 0.00333. The van der Waals surface area contributed by atoms with Crippen molar-refractivity contribution >= 4 is 23.4 Å². The van der Waals surface area contributed by atoms with Gasteiger partial charge in [-0.3, -0.25) is 9.78 Å². The van der Waals surface area contributed by atoms with Gasteiger partial charge in [0.15, 0.2) is 0 Å². The summed E-state index contributed by atoms with van der Waals surface area (Å²) in [5.41, 5.74) is 1.88. The normalized spacial score (nSPS) is 19.1. The molecule has 0 aliphatic heterocycles. The number of aliphatic carboxylic acids is 1. The first-order valence-electron chi connectivity index (χ1n) is 11.7. The van der Waals surface area contributed by atoms with Crippen molar-refractivity contribution in [1.82, 2.24) is 4.98 Å². The van der Waals surface area contributed by atoms with Crippen molar-refractivity contribution in [2.75, 3.05) is 10.6 Å². The maximum atomic E-state index is 12.9. The number of aliphatic hydroxyl groups excluding tert-OH is 1. The lowest BCUT2D eigenvalue weighted by molar-refractivity contribution is -0.143. The molecule has 2 unspecified atom stereocenters. The number of aromatic nitrogens is 1. The van der Waals surface area contributed by atoms with Crippen LogP contribution in [0.25, 0.3) is 11.3 Å². The highest BCUT2D eigenvalue weighted by Gasteiger charge is 2.42. The van der Waals surface area contributed by atoms with Crippen LogP contribution < -0.4 is 10.6 Å². The number of nitrogens with one attached hydrogen (secondary N) is 2. The third-order valence-electron chi connectivity index (χ3n) is 6.88. The van der Waals surface area contributed by atoms with Crippen molar-refractivity contribution in [2.24, 2.45) is 5.41 Å². The van der Waals surface area contributed by atoms with Crippen molar-refractivity contribution < 1.29 is 33.0 Å². The van der Waals surface area contributed by atoms with Crippen LogP contribution in [0.5, 0.6) is 0 Å². The first-order valence-corrected chi connectivity index (χ1v) is 11.7. The lowest BCUT2D eigenvalue weighted by Gasteiger charge is -2.41. The van der Waals surface area contributed by atoms with Crippen molar-refractivity contribution in [2.45, 2.75) is 44.9 Å². The number of carbonyl (C=O) groups is 2. The molecule has 0 spiro atoms. The summed E-state index contributed by atoms with van der Waals surface area (Å²) in [6, 6.07) is 12.5. The van der Waals surface area contributed by atoms with E-state index in [0.29, 0.717) is 30.6 Å². The fourth-order valence-electron chi connectivity index (χ4n) is 4.79. The first kappa shape index (κ1) is 26.2. The zero-order valence-electron chi connectivity index (χ0n) is 20.0. The Bertz CT molecular complexity index is 1310. The summed E-state index contributed by atoms with van der Waals surface area (Å²) >= 11 is 0. The van der Waals surface area contributed by atoms with Crippen LogP contribution in [0.15, 0.2) is 60.8 Å². The molecule has 0 saturated carbocycles. The Kier molecular flexibility index (Phi) is 7.22. The number of fused-ring (bicyclic) bond motifs is 1. The number of urea groups is 1. The second kappa shape index (κ2) is 10.2. The predicted molar refractivity (Wildman–Crippen MR) is 132 cm³/mol. The standard InChI is InChI=1S/C27H26F3N3O4/c1-2-26(14-23(34)35)11-10-16-12-17(6-8-21(16)24(26)36)22-9-7-20(15-31-22)33-25(37)32-19-5-3-4-18(13-19)27(28,29)30/h3-9,12-13,15,24,36H,2,10-11,14H2,1H3,(H,34,35)(H2,32,33,37). The number of hydrogen-bond donors (Lipinski definition) is 4. The molecule has 1 aliphatic rings.